The molecule has 95 heavy (non-hydrogen) atoms. The lowest BCUT2D eigenvalue weighted by Crippen LogP contribution is -2.48. The van der Waals surface area contributed by atoms with E-state index >= 15 is 0 Å². The van der Waals surface area contributed by atoms with Crippen molar-refractivity contribution in [2.24, 2.45) is 4.74 Å². The van der Waals surface area contributed by atoms with Crippen LogP contribution in [0.3, 0.4) is 0 Å². The Morgan fingerprint density at radius 2 is 0.516 bits per heavy atom. The molecule has 0 amide bonds. The molecule has 8 aromatic rings. The normalized spacial score (nSPS) is 12.2. The molecule has 0 aliphatic carbocycles. The Balaban J connectivity index is 0.000000492. The van der Waals surface area contributed by atoms with E-state index in [1.54, 1.807) is 0 Å². The van der Waals surface area contributed by atoms with Gasteiger partial charge in [-0.1, -0.05) is 91.0 Å². The third kappa shape index (κ3) is 20.5. The highest BCUT2D eigenvalue weighted by Crippen LogP contribution is 2.53. The van der Waals surface area contributed by atoms with E-state index in [1.165, 1.54) is 0 Å². The van der Waals surface area contributed by atoms with E-state index in [0.29, 0.717) is 11.4 Å². The van der Waals surface area contributed by atoms with Crippen molar-refractivity contribution in [3.63, 3.8) is 0 Å². The van der Waals surface area contributed by atoms with Crippen LogP contribution in [-0.4, -0.2) is 130 Å². The first-order valence-corrected chi connectivity index (χ1v) is 33.5. The molecule has 0 saturated heterocycles. The predicted molar refractivity (Wildman–Crippen MR) is 325 cm³/mol. The molecule has 4 aromatic carbocycles. The van der Waals surface area contributed by atoms with Gasteiger partial charge in [0.1, 0.15) is 5.69 Å². The van der Waals surface area contributed by atoms with Crippen LogP contribution in [0.1, 0.15) is 0 Å². The van der Waals surface area contributed by atoms with Gasteiger partial charge >= 0.3 is 44.8 Å². The summed E-state index contributed by atoms with van der Waals surface area (Å²) < 4.78 is 251. The van der Waals surface area contributed by atoms with Crippen molar-refractivity contribution in [1.82, 2.24) is 0 Å². The lowest BCUT2D eigenvalue weighted by Gasteiger charge is -2.27. The summed E-state index contributed by atoms with van der Waals surface area (Å²) in [5.41, 5.74) is -5.73. The molecule has 8 rings (SSSR count). The van der Waals surface area contributed by atoms with Crippen LogP contribution >= 0.6 is 7.05 Å². The Hall–Kier alpha value is -8.49. The van der Waals surface area contributed by atoms with Crippen LogP contribution in [0.15, 0.2) is 194 Å². The van der Waals surface area contributed by atoms with Crippen molar-refractivity contribution in [3.8, 4) is 22.7 Å². The van der Waals surface area contributed by atoms with Gasteiger partial charge in [-0.25, -0.2) is 38.4 Å². The molecule has 0 spiro atoms. The Kier molecular flexibility index (Phi) is 25.7. The summed E-state index contributed by atoms with van der Waals surface area (Å²) in [6.45, 7) is 0. The molecule has 0 saturated carbocycles. The van der Waals surface area contributed by atoms with Gasteiger partial charge in [0.2, 0.25) is 0 Å². The summed E-state index contributed by atoms with van der Waals surface area (Å²) in [6.07, 6.45) is 17.0. The topological polar surface area (TPSA) is 296 Å². The van der Waals surface area contributed by atoms with E-state index in [-0.39, 0.29) is 0 Å². The van der Waals surface area contributed by atoms with Crippen molar-refractivity contribution in [1.29, 1.82) is 0 Å². The zero-order valence-electron chi connectivity index (χ0n) is 50.5. The minimum absolute atomic E-state index is 0.539. The van der Waals surface area contributed by atoms with Gasteiger partial charge in [0.25, 0.3) is 0 Å². The number of halogens is 12. The predicted octanol–water partition coefficient (Wildman–Crippen LogP) is 6.65. The highest BCUT2D eigenvalue weighted by Gasteiger charge is 2.46. The second kappa shape index (κ2) is 30.9. The average Bonchev–Trinajstić information content (AvgIpc) is 0.716. The molecule has 0 radical (unpaired) electrons. The van der Waals surface area contributed by atoms with Gasteiger partial charge in [-0.2, -0.15) is 71.0 Å². The maximum atomic E-state index is 10.7. The van der Waals surface area contributed by atoms with E-state index < -0.39 is 69.6 Å². The maximum absolute atomic E-state index is 10.7. The zero-order chi connectivity index (χ0) is 72.3. The Bertz CT molecular complexity index is 4150. The molecule has 0 aliphatic rings. The van der Waals surface area contributed by atoms with Gasteiger partial charge in [-0.3, -0.25) is 0 Å². The second-order valence-corrected chi connectivity index (χ2v) is 28.4. The van der Waals surface area contributed by atoms with Crippen LogP contribution in [0.5, 0.6) is 0 Å². The number of hydrogen-bond acceptors (Lipinski definition) is 18. The van der Waals surface area contributed by atoms with Crippen molar-refractivity contribution in [2.45, 2.75) is 22.0 Å². The molecule has 0 aliphatic heterocycles. The first-order valence-electron chi connectivity index (χ1n) is 26.1. The highest BCUT2D eigenvalue weighted by molar-refractivity contribution is 7.88. The van der Waals surface area contributed by atoms with Gasteiger partial charge in [-0.05, 0) is 0 Å². The van der Waals surface area contributed by atoms with Crippen molar-refractivity contribution in [2.75, 3.05) is 81.7 Å². The molecule has 22 nitrogen and oxygen atoms in total. The first-order chi connectivity index (χ1) is 43.5. The fraction of sp³-hybridized carbons (Fsp3) is 0.214. The van der Waals surface area contributed by atoms with Crippen LogP contribution in [0.4, 0.5) is 86.8 Å². The maximum Gasteiger partial charge on any atom is 0.485 e. The number of rotatable bonds is 12. The molecule has 0 unspecified atom stereocenters. The molecule has 0 atom stereocenters. The van der Waals surface area contributed by atoms with E-state index in [0.717, 1.165) is 61.4 Å². The summed E-state index contributed by atoms with van der Waals surface area (Å²) in [5.74, 6) is 0. The SMILES string of the molecule is CN(C)c1cc[n+](-c2c(N)c(N=P(c3ccccc3)(c3ccccc3)c3ccccc3)c(-[n+]3ccc(N(C)C)cc3)c(-[n+]3ccc(N(C)C)cc3)c2-[n+]2ccc(N(C)C)cc2)cc1.O=S(=O)([O-])C(F)(F)F.O=S(=O)([O-])C(F)(F)F.O=S(=O)([O-])C(F)(F)F.O=S(=O)([O-])C(F)(F)F. The number of aromatic nitrogens is 4. The molecular weight excluding hydrogens is 1390 g/mol. The molecule has 516 valence electrons. The van der Waals surface area contributed by atoms with Gasteiger partial charge in [0.05, 0.1) is 7.05 Å². The van der Waals surface area contributed by atoms with Gasteiger partial charge < -0.3 is 43.5 Å². The molecule has 0 fully saturated rings. The Labute approximate surface area is 538 Å². The van der Waals surface area contributed by atoms with Crippen LogP contribution in [0, 0.1) is 0 Å². The van der Waals surface area contributed by atoms with Crippen LogP contribution in [0.25, 0.3) is 22.7 Å². The number of nitrogens with zero attached hydrogens (tertiary/aromatic N) is 9. The quantitative estimate of drug-likeness (QED) is 0.0334. The van der Waals surface area contributed by atoms with E-state index in [4.69, 9.17) is 62.4 Å². The molecule has 4 aromatic heterocycles. The third-order valence-electron chi connectivity index (χ3n) is 12.5. The van der Waals surface area contributed by atoms with Crippen LogP contribution in [0.2, 0.25) is 0 Å². The van der Waals surface area contributed by atoms with E-state index in [2.05, 4.69) is 283 Å². The van der Waals surface area contributed by atoms with Gasteiger partial charge in [-0.15, -0.1) is 0 Å². The van der Waals surface area contributed by atoms with Gasteiger partial charge in [0.15, 0.2) is 95.7 Å². The smallest absolute Gasteiger partial charge is 0.485 e. The number of benzene rings is 4. The zero-order valence-corrected chi connectivity index (χ0v) is 54.7. The van der Waals surface area contributed by atoms with E-state index in [9.17, 15) is 52.7 Å². The van der Waals surface area contributed by atoms with Gasteiger partial charge in [0, 0.05) is 144 Å². The summed E-state index contributed by atoms with van der Waals surface area (Å²) in [7, 11) is -10.8. The minimum Gasteiger partial charge on any atom is -0.741 e. The number of anilines is 5. The number of nitrogens with two attached hydrogens (primary N) is 1. The first kappa shape index (κ1) is 79.0. The Morgan fingerprint density at radius 3 is 0.705 bits per heavy atom. The third-order valence-corrected chi connectivity index (χ3v) is 18.4. The second-order valence-electron chi connectivity index (χ2n) is 19.9. The summed E-state index contributed by atoms with van der Waals surface area (Å²) >= 11 is 0. The van der Waals surface area contributed by atoms with E-state index in [1.807, 2.05) is 0 Å². The highest BCUT2D eigenvalue weighted by atomic mass is 32.2. The molecule has 4 heterocycles. The van der Waals surface area contributed by atoms with Crippen molar-refractivity contribution < 1.29 is 123 Å². The summed E-state index contributed by atoms with van der Waals surface area (Å²) in [5, 5.41) is 3.35. The number of alkyl halides is 12. The number of nitrogen functional groups attached to an aromatic ring is 1. The van der Waals surface area contributed by atoms with Crippen molar-refractivity contribution in [3.05, 3.63) is 189 Å². The molecule has 2 N–H and O–H groups in total. The molecule has 39 heteroatoms. The van der Waals surface area contributed by atoms with Crippen LogP contribution < -0.4 is 59.5 Å². The lowest BCUT2D eigenvalue weighted by atomic mass is 10.1. The monoisotopic (exact) mass is 1450 g/mol. The largest absolute Gasteiger partial charge is 0.741 e. The number of hydrogen-bond donors (Lipinski definition) is 1. The minimum atomic E-state index is -6.09. The van der Waals surface area contributed by atoms with Crippen LogP contribution in [-0.2, 0) is 40.5 Å². The number of pyridine rings is 4. The Morgan fingerprint density at radius 1 is 0.337 bits per heavy atom. The molecule has 0 bridgehead atoms. The standard InChI is InChI=1S/C52H57N10P.4CHF3O3S/c1-55(2)40-24-32-59(33-25-40)49-47(53)48(54-63(44-18-12-9-13-19-44,45-20-14-10-15-21-45)46-22-16-11-17-23-46)50(60-34-26-41(27-35-60)56(3)4)52(62-38-30-43(31-39-62)58(7)8)51(49)61-36-28-42(29-37-61)57(5)6;4*2-1(3,4)8(5,6)7/h9-39H,53H2,1-8H3;4*(H,5,6,7)/q+4;;;;/p-4. The molecular formula is C56H57F12N10O12PS4. The summed E-state index contributed by atoms with van der Waals surface area (Å²) in [4.78, 5) is 8.44. The lowest BCUT2D eigenvalue weighted by molar-refractivity contribution is -0.661. The summed E-state index contributed by atoms with van der Waals surface area (Å²) in [6, 6.07) is 49.3. The average molecular weight is 1450 g/mol. The van der Waals surface area contributed by atoms with Crippen molar-refractivity contribution >= 4 is 97.6 Å². The fourth-order valence-electron chi connectivity index (χ4n) is 7.96. The fourth-order valence-corrected chi connectivity index (χ4v) is 11.5.